The van der Waals surface area contributed by atoms with E-state index in [4.69, 9.17) is 9.47 Å². The lowest BCUT2D eigenvalue weighted by molar-refractivity contribution is -0.176. The third-order valence-corrected chi connectivity index (χ3v) is 2.72. The highest BCUT2D eigenvalue weighted by atomic mass is 16.7. The summed E-state index contributed by atoms with van der Waals surface area (Å²) in [5.74, 6) is 0. The standard InChI is InChI=1S/C12H24O2/c1-4-8-12(2,3)10-14-11-7-5-6-9-13-11/h11H,4-10H2,1-3H3. The van der Waals surface area contributed by atoms with Crippen molar-refractivity contribution in [3.05, 3.63) is 0 Å². The van der Waals surface area contributed by atoms with E-state index in [9.17, 15) is 0 Å². The second-order valence-electron chi connectivity index (χ2n) is 5.02. The van der Waals surface area contributed by atoms with Gasteiger partial charge in [-0.05, 0) is 31.1 Å². The lowest BCUT2D eigenvalue weighted by atomic mass is 9.89. The van der Waals surface area contributed by atoms with Crippen molar-refractivity contribution in [2.45, 2.75) is 59.2 Å². The molecule has 2 heteroatoms. The van der Waals surface area contributed by atoms with Gasteiger partial charge in [0.1, 0.15) is 0 Å². The van der Waals surface area contributed by atoms with Crippen LogP contribution in [0.3, 0.4) is 0 Å². The zero-order valence-electron chi connectivity index (χ0n) is 9.84. The van der Waals surface area contributed by atoms with E-state index in [1.165, 1.54) is 25.7 Å². The zero-order valence-corrected chi connectivity index (χ0v) is 9.84. The van der Waals surface area contributed by atoms with Crippen LogP contribution in [0.4, 0.5) is 0 Å². The highest BCUT2D eigenvalue weighted by molar-refractivity contribution is 4.67. The van der Waals surface area contributed by atoms with Gasteiger partial charge in [0.15, 0.2) is 6.29 Å². The molecule has 0 N–H and O–H groups in total. The summed E-state index contributed by atoms with van der Waals surface area (Å²) in [5.41, 5.74) is 0.301. The highest BCUT2D eigenvalue weighted by Crippen LogP contribution is 2.24. The van der Waals surface area contributed by atoms with Gasteiger partial charge in [-0.3, -0.25) is 0 Å². The van der Waals surface area contributed by atoms with E-state index in [2.05, 4.69) is 20.8 Å². The first-order valence-corrected chi connectivity index (χ1v) is 5.87. The van der Waals surface area contributed by atoms with Gasteiger partial charge in [0.2, 0.25) is 0 Å². The minimum Gasteiger partial charge on any atom is -0.353 e. The summed E-state index contributed by atoms with van der Waals surface area (Å²) in [4.78, 5) is 0. The summed E-state index contributed by atoms with van der Waals surface area (Å²) < 4.78 is 11.3. The Balaban J connectivity index is 2.17. The second-order valence-corrected chi connectivity index (χ2v) is 5.02. The molecule has 14 heavy (non-hydrogen) atoms. The van der Waals surface area contributed by atoms with Crippen LogP contribution in [0.5, 0.6) is 0 Å². The van der Waals surface area contributed by atoms with Crippen LogP contribution in [0.2, 0.25) is 0 Å². The molecule has 0 radical (unpaired) electrons. The van der Waals surface area contributed by atoms with E-state index in [1.54, 1.807) is 0 Å². The van der Waals surface area contributed by atoms with Crippen molar-refractivity contribution in [1.82, 2.24) is 0 Å². The van der Waals surface area contributed by atoms with E-state index in [1.807, 2.05) is 0 Å². The number of rotatable bonds is 5. The fourth-order valence-corrected chi connectivity index (χ4v) is 1.91. The minimum atomic E-state index is 0.0693. The van der Waals surface area contributed by atoms with Crippen LogP contribution in [0.1, 0.15) is 52.9 Å². The van der Waals surface area contributed by atoms with Gasteiger partial charge in [-0.25, -0.2) is 0 Å². The number of ether oxygens (including phenoxy) is 2. The summed E-state index contributed by atoms with van der Waals surface area (Å²) in [6, 6.07) is 0. The molecule has 0 saturated carbocycles. The van der Waals surface area contributed by atoms with Crippen LogP contribution in [0.25, 0.3) is 0 Å². The van der Waals surface area contributed by atoms with Gasteiger partial charge in [0, 0.05) is 6.61 Å². The van der Waals surface area contributed by atoms with E-state index < -0.39 is 0 Å². The van der Waals surface area contributed by atoms with Gasteiger partial charge in [-0.2, -0.15) is 0 Å². The third kappa shape index (κ3) is 4.43. The third-order valence-electron chi connectivity index (χ3n) is 2.72. The summed E-state index contributed by atoms with van der Waals surface area (Å²) in [6.45, 7) is 8.45. The van der Waals surface area contributed by atoms with Gasteiger partial charge in [-0.15, -0.1) is 0 Å². The molecule has 1 fully saturated rings. The Hall–Kier alpha value is -0.0800. The van der Waals surface area contributed by atoms with Gasteiger partial charge in [0.25, 0.3) is 0 Å². The Morgan fingerprint density at radius 1 is 1.36 bits per heavy atom. The first-order chi connectivity index (χ1) is 6.64. The van der Waals surface area contributed by atoms with E-state index >= 15 is 0 Å². The molecule has 0 aromatic rings. The Morgan fingerprint density at radius 3 is 2.71 bits per heavy atom. The van der Waals surface area contributed by atoms with Crippen molar-refractivity contribution in [1.29, 1.82) is 0 Å². The van der Waals surface area contributed by atoms with Crippen molar-refractivity contribution in [3.63, 3.8) is 0 Å². The molecule has 1 rings (SSSR count). The molecule has 0 aromatic heterocycles. The van der Waals surface area contributed by atoms with E-state index in [0.29, 0.717) is 5.41 Å². The molecule has 84 valence electrons. The maximum Gasteiger partial charge on any atom is 0.157 e. The predicted octanol–water partition coefficient (Wildman–Crippen LogP) is 3.36. The first-order valence-electron chi connectivity index (χ1n) is 5.87. The lowest BCUT2D eigenvalue weighted by Crippen LogP contribution is -2.28. The maximum atomic E-state index is 5.78. The molecule has 2 nitrogen and oxygen atoms in total. The molecular formula is C12H24O2. The van der Waals surface area contributed by atoms with Gasteiger partial charge in [0.05, 0.1) is 6.61 Å². The first kappa shape index (κ1) is 12.0. The molecular weight excluding hydrogens is 176 g/mol. The quantitative estimate of drug-likeness (QED) is 0.677. The van der Waals surface area contributed by atoms with Crippen molar-refractivity contribution < 1.29 is 9.47 Å². The number of hydrogen-bond donors (Lipinski definition) is 0. The Morgan fingerprint density at radius 2 is 2.14 bits per heavy atom. The summed E-state index contributed by atoms with van der Waals surface area (Å²) in [7, 11) is 0. The van der Waals surface area contributed by atoms with E-state index in [0.717, 1.165) is 19.6 Å². The van der Waals surface area contributed by atoms with E-state index in [-0.39, 0.29) is 6.29 Å². The predicted molar refractivity (Wildman–Crippen MR) is 58.2 cm³/mol. The van der Waals surface area contributed by atoms with Crippen LogP contribution in [0, 0.1) is 5.41 Å². The summed E-state index contributed by atoms with van der Waals surface area (Å²) in [5, 5.41) is 0. The van der Waals surface area contributed by atoms with Crippen molar-refractivity contribution >= 4 is 0 Å². The van der Waals surface area contributed by atoms with Crippen LogP contribution < -0.4 is 0 Å². The fourth-order valence-electron chi connectivity index (χ4n) is 1.91. The molecule has 1 atom stereocenters. The van der Waals surface area contributed by atoms with Crippen molar-refractivity contribution in [2.75, 3.05) is 13.2 Å². The second kappa shape index (κ2) is 5.72. The molecule has 1 unspecified atom stereocenters. The van der Waals surface area contributed by atoms with Crippen LogP contribution >= 0.6 is 0 Å². The van der Waals surface area contributed by atoms with Gasteiger partial charge in [-0.1, -0.05) is 27.2 Å². The van der Waals surface area contributed by atoms with Crippen LogP contribution in [-0.4, -0.2) is 19.5 Å². The van der Waals surface area contributed by atoms with Gasteiger partial charge < -0.3 is 9.47 Å². The largest absolute Gasteiger partial charge is 0.353 e. The molecule has 0 amide bonds. The van der Waals surface area contributed by atoms with Crippen molar-refractivity contribution in [2.24, 2.45) is 5.41 Å². The highest BCUT2D eigenvalue weighted by Gasteiger charge is 2.21. The monoisotopic (exact) mass is 200 g/mol. The normalized spacial score (nSPS) is 23.8. The van der Waals surface area contributed by atoms with Gasteiger partial charge >= 0.3 is 0 Å². The lowest BCUT2D eigenvalue weighted by Gasteiger charge is -2.29. The minimum absolute atomic E-state index is 0.0693. The summed E-state index contributed by atoms with van der Waals surface area (Å²) in [6.07, 6.45) is 6.03. The molecule has 0 spiro atoms. The molecule has 1 heterocycles. The van der Waals surface area contributed by atoms with Crippen LogP contribution in [0.15, 0.2) is 0 Å². The average molecular weight is 200 g/mol. The molecule has 0 bridgehead atoms. The van der Waals surface area contributed by atoms with Crippen LogP contribution in [-0.2, 0) is 9.47 Å². The average Bonchev–Trinajstić information content (AvgIpc) is 2.17. The molecule has 0 aromatic carbocycles. The SMILES string of the molecule is CCCC(C)(C)COC1CCCCO1. The maximum absolute atomic E-state index is 5.78. The molecule has 1 aliphatic heterocycles. The molecule has 1 saturated heterocycles. The summed E-state index contributed by atoms with van der Waals surface area (Å²) >= 11 is 0. The zero-order chi connectivity index (χ0) is 10.4. The van der Waals surface area contributed by atoms with Crippen molar-refractivity contribution in [3.8, 4) is 0 Å². The smallest absolute Gasteiger partial charge is 0.157 e. The fraction of sp³-hybridized carbons (Fsp3) is 1.00. The Labute approximate surface area is 88.0 Å². The number of hydrogen-bond acceptors (Lipinski definition) is 2. The Kier molecular flexibility index (Phi) is 4.90. The molecule has 0 aliphatic carbocycles. The molecule has 1 aliphatic rings. The Bertz CT molecular complexity index is 148. The topological polar surface area (TPSA) is 18.5 Å².